The summed E-state index contributed by atoms with van der Waals surface area (Å²) in [5.41, 5.74) is 1.53. The van der Waals surface area contributed by atoms with Crippen LogP contribution in [0.5, 0.6) is 11.5 Å². The van der Waals surface area contributed by atoms with Crippen LogP contribution in [0.1, 0.15) is 64.0 Å². The van der Waals surface area contributed by atoms with Gasteiger partial charge in [0, 0.05) is 12.3 Å². The smallest absolute Gasteiger partial charge is 0.280 e. The normalized spacial score (nSPS) is 17.9. The maximum absolute atomic E-state index is 13.1. The van der Waals surface area contributed by atoms with Crippen molar-refractivity contribution in [1.82, 2.24) is 19.5 Å². The van der Waals surface area contributed by atoms with Gasteiger partial charge in [-0.3, -0.25) is 24.5 Å². The number of ether oxygens (including phenoxy) is 4. The second-order valence-electron chi connectivity index (χ2n) is 15.5. The van der Waals surface area contributed by atoms with E-state index in [1.165, 1.54) is 0 Å². The number of hydrogen-bond donors (Lipinski definition) is 2. The van der Waals surface area contributed by atoms with Gasteiger partial charge in [0.2, 0.25) is 11.9 Å². The molecule has 5 aromatic rings. The van der Waals surface area contributed by atoms with E-state index in [9.17, 15) is 9.59 Å². The molecule has 1 fully saturated rings. The summed E-state index contributed by atoms with van der Waals surface area (Å²) in [5, 5.41) is 2.67. The van der Waals surface area contributed by atoms with Gasteiger partial charge in [-0.1, -0.05) is 89.2 Å². The summed E-state index contributed by atoms with van der Waals surface area (Å²) in [7, 11) is 1.06. The number of benzene rings is 3. The van der Waals surface area contributed by atoms with Crippen LogP contribution in [-0.2, 0) is 24.3 Å². The molecule has 6 rings (SSSR count). The summed E-state index contributed by atoms with van der Waals surface area (Å²) in [6.45, 7) is 14.9. The van der Waals surface area contributed by atoms with Crippen molar-refractivity contribution in [1.29, 1.82) is 0 Å². The Labute approximate surface area is 317 Å². The number of aromatic amines is 1. The highest BCUT2D eigenvalue weighted by Crippen LogP contribution is 2.46. The van der Waals surface area contributed by atoms with Gasteiger partial charge in [0.25, 0.3) is 5.56 Å². The molecule has 0 aliphatic carbocycles. The maximum atomic E-state index is 13.1. The predicted octanol–water partition coefficient (Wildman–Crippen LogP) is 7.42. The largest absolute Gasteiger partial charge is 0.497 e. The molecule has 3 atom stereocenters. The second-order valence-corrected chi connectivity index (χ2v) is 20.3. The summed E-state index contributed by atoms with van der Waals surface area (Å²) < 4.78 is 34.1. The predicted molar refractivity (Wildman–Crippen MR) is 210 cm³/mol. The number of fused-ring (bicyclic) bond motifs is 1. The molecule has 0 saturated carbocycles. The van der Waals surface area contributed by atoms with E-state index < -0.39 is 37.9 Å². The van der Waals surface area contributed by atoms with E-state index >= 15 is 0 Å². The number of nitrogens with zero attached hydrogens (tertiary/aromatic N) is 3. The van der Waals surface area contributed by atoms with Gasteiger partial charge in [0.05, 0.1) is 33.3 Å². The molecule has 3 aromatic carbocycles. The van der Waals surface area contributed by atoms with Crippen LogP contribution in [0.25, 0.3) is 11.2 Å². The van der Waals surface area contributed by atoms with E-state index in [1.807, 2.05) is 66.7 Å². The van der Waals surface area contributed by atoms with Gasteiger partial charge in [0.15, 0.2) is 19.5 Å². The first-order valence-corrected chi connectivity index (χ1v) is 21.2. The first-order chi connectivity index (χ1) is 25.7. The Morgan fingerprint density at radius 1 is 0.944 bits per heavy atom. The lowest BCUT2D eigenvalue weighted by Crippen LogP contribution is -2.46. The SMILES string of the molecule is COc1ccc(C(O[C@H]2C[C@@H](n3cnc4c(=O)[nH]c(NC(=O)C(C)C)nc43)O[C@@H]2CO[Si](C)(C)C(C)(C)C)(c2ccccc2)c2ccc(OC)cc2)cc1. The fraction of sp³-hybridized carbons (Fsp3) is 0.415. The molecule has 54 heavy (non-hydrogen) atoms. The zero-order chi connectivity index (χ0) is 38.8. The molecule has 0 spiro atoms. The van der Waals surface area contributed by atoms with E-state index in [-0.39, 0.29) is 40.6 Å². The molecule has 0 bridgehead atoms. The van der Waals surface area contributed by atoms with Crippen LogP contribution in [0.2, 0.25) is 18.1 Å². The third kappa shape index (κ3) is 7.72. The molecular weight excluding hydrogens is 703 g/mol. The van der Waals surface area contributed by atoms with Crippen molar-refractivity contribution in [3.8, 4) is 11.5 Å². The molecule has 0 unspecified atom stereocenters. The van der Waals surface area contributed by atoms with Crippen LogP contribution in [0.3, 0.4) is 0 Å². The third-order valence-corrected chi connectivity index (χ3v) is 15.1. The zero-order valence-electron chi connectivity index (χ0n) is 32.5. The quantitative estimate of drug-likeness (QED) is 0.0930. The number of carbonyl (C=O) groups is 1. The molecule has 2 aromatic heterocycles. The van der Waals surface area contributed by atoms with Gasteiger partial charge in [-0.25, -0.2) is 4.98 Å². The van der Waals surface area contributed by atoms with Gasteiger partial charge in [0.1, 0.15) is 29.4 Å². The Morgan fingerprint density at radius 3 is 2.06 bits per heavy atom. The lowest BCUT2D eigenvalue weighted by atomic mass is 9.79. The fourth-order valence-electron chi connectivity index (χ4n) is 6.36. The highest BCUT2D eigenvalue weighted by Gasteiger charge is 2.48. The molecule has 3 heterocycles. The Bertz CT molecular complexity index is 2060. The van der Waals surface area contributed by atoms with Crippen LogP contribution in [0, 0.1) is 5.92 Å². The average molecular weight is 754 g/mol. The van der Waals surface area contributed by atoms with Crippen molar-refractivity contribution in [2.45, 2.75) is 83.2 Å². The Balaban J connectivity index is 1.48. The van der Waals surface area contributed by atoms with Crippen molar-refractivity contribution in [3.63, 3.8) is 0 Å². The number of H-pyrrole nitrogens is 1. The van der Waals surface area contributed by atoms with Crippen molar-refractivity contribution >= 4 is 31.3 Å². The fourth-order valence-corrected chi connectivity index (χ4v) is 7.38. The van der Waals surface area contributed by atoms with E-state index in [2.05, 4.69) is 66.3 Å². The van der Waals surface area contributed by atoms with Crippen LogP contribution < -0.4 is 20.3 Å². The minimum atomic E-state index is -2.23. The zero-order valence-corrected chi connectivity index (χ0v) is 33.5. The molecule has 286 valence electrons. The van der Waals surface area contributed by atoms with Gasteiger partial charge in [-0.05, 0) is 59.1 Å². The monoisotopic (exact) mass is 753 g/mol. The van der Waals surface area contributed by atoms with Gasteiger partial charge in [-0.2, -0.15) is 4.98 Å². The van der Waals surface area contributed by atoms with Crippen LogP contribution in [-0.4, -0.2) is 66.8 Å². The topological polar surface area (TPSA) is 139 Å². The first kappa shape index (κ1) is 38.9. The van der Waals surface area contributed by atoms with E-state index in [0.717, 1.165) is 28.2 Å². The number of amides is 1. The summed E-state index contributed by atoms with van der Waals surface area (Å²) in [5.74, 6) is 0.900. The minimum absolute atomic E-state index is 0.0380. The second kappa shape index (κ2) is 15.5. The minimum Gasteiger partial charge on any atom is -0.497 e. The summed E-state index contributed by atoms with van der Waals surface area (Å²) in [6, 6.07) is 26.0. The molecule has 2 N–H and O–H groups in total. The summed E-state index contributed by atoms with van der Waals surface area (Å²) >= 11 is 0. The Hall–Kier alpha value is -4.82. The van der Waals surface area contributed by atoms with Crippen molar-refractivity contribution in [2.24, 2.45) is 5.92 Å². The number of imidazole rings is 1. The lowest BCUT2D eigenvalue weighted by molar-refractivity contribution is -0.118. The number of anilines is 1. The molecule has 13 heteroatoms. The molecular formula is C41H51N5O7Si. The van der Waals surface area contributed by atoms with Crippen LogP contribution in [0.4, 0.5) is 5.95 Å². The van der Waals surface area contributed by atoms with Gasteiger partial charge >= 0.3 is 0 Å². The number of hydrogen-bond acceptors (Lipinski definition) is 9. The molecule has 1 aliphatic rings. The van der Waals surface area contributed by atoms with Crippen molar-refractivity contribution < 1.29 is 28.2 Å². The summed E-state index contributed by atoms with van der Waals surface area (Å²) in [6.07, 6.45) is 0.250. The number of aromatic nitrogens is 4. The van der Waals surface area contributed by atoms with Crippen LogP contribution >= 0.6 is 0 Å². The highest BCUT2D eigenvalue weighted by atomic mass is 28.4. The van der Waals surface area contributed by atoms with Gasteiger partial charge in [-0.15, -0.1) is 0 Å². The lowest BCUT2D eigenvalue weighted by Gasteiger charge is -2.40. The Morgan fingerprint density at radius 2 is 1.52 bits per heavy atom. The van der Waals surface area contributed by atoms with Crippen LogP contribution in [0.15, 0.2) is 90.0 Å². The highest BCUT2D eigenvalue weighted by molar-refractivity contribution is 6.74. The third-order valence-electron chi connectivity index (χ3n) is 10.6. The van der Waals surface area contributed by atoms with E-state index in [4.69, 9.17) is 23.4 Å². The first-order valence-electron chi connectivity index (χ1n) is 18.3. The molecule has 1 aliphatic heterocycles. The van der Waals surface area contributed by atoms with Crippen molar-refractivity contribution in [3.05, 3.63) is 112 Å². The van der Waals surface area contributed by atoms with E-state index in [0.29, 0.717) is 6.42 Å². The molecule has 1 amide bonds. The Kier molecular flexibility index (Phi) is 11.2. The number of methoxy groups -OCH3 is 2. The molecule has 12 nitrogen and oxygen atoms in total. The molecule has 1 saturated heterocycles. The van der Waals surface area contributed by atoms with Gasteiger partial charge < -0.3 is 23.4 Å². The maximum Gasteiger partial charge on any atom is 0.280 e. The number of rotatable bonds is 13. The van der Waals surface area contributed by atoms with E-state index in [1.54, 1.807) is 39.0 Å². The standard InChI is InChI=1S/C41H51N5O7Si/c1-26(2)37(47)44-39-43-36-35(38(48)45-39)42-25-46(36)34-23-32(33(52-34)24-51-54(8,9)40(3,4)5)53-41(27-13-11-10-12-14-27,28-15-19-30(49-6)20-16-28)29-17-21-31(50-7)22-18-29/h10-22,25-26,32-34H,23-24H2,1-9H3,(H2,43,44,45,47,48)/t32-,33+,34-/m0/s1. The summed E-state index contributed by atoms with van der Waals surface area (Å²) in [4.78, 5) is 37.4. The number of carbonyl (C=O) groups excluding carboxylic acids is 1. The van der Waals surface area contributed by atoms with Crippen molar-refractivity contribution in [2.75, 3.05) is 26.1 Å². The molecule has 0 radical (unpaired) electrons. The number of nitrogens with one attached hydrogen (secondary N) is 2. The average Bonchev–Trinajstić information content (AvgIpc) is 3.77.